The van der Waals surface area contributed by atoms with E-state index >= 15 is 0 Å². The van der Waals surface area contributed by atoms with Crippen molar-refractivity contribution in [3.05, 3.63) is 23.8 Å². The largest absolute Gasteiger partial charge is 0.481 e. The molecule has 0 saturated carbocycles. The first kappa shape index (κ1) is 17.5. The number of aromatic nitrogens is 2. The zero-order valence-electron chi connectivity index (χ0n) is 11.9. The first-order valence-electron chi connectivity index (χ1n) is 6.78. The predicted molar refractivity (Wildman–Crippen MR) is 75.7 cm³/mol. The molecule has 10 heteroatoms. The van der Waals surface area contributed by atoms with Crippen molar-refractivity contribution in [1.82, 2.24) is 14.9 Å². The summed E-state index contributed by atoms with van der Waals surface area (Å²) in [7, 11) is 0. The van der Waals surface area contributed by atoms with E-state index in [0.29, 0.717) is 19.4 Å². The number of thioether (sulfide) groups is 1. The molecule has 1 aromatic rings. The molecule has 0 aromatic carbocycles. The maximum absolute atomic E-state index is 12.7. The number of hydrogen-bond donors (Lipinski definition) is 1. The van der Waals surface area contributed by atoms with E-state index in [1.165, 1.54) is 4.90 Å². The number of carbonyl (C=O) groups excluding carboxylic acids is 1. The van der Waals surface area contributed by atoms with Crippen LogP contribution in [0.1, 0.15) is 30.4 Å². The Kier molecular flexibility index (Phi) is 5.45. The number of alkyl halides is 3. The SMILES string of the molecule is O=C(O)CSCC(=O)N1CCCC1c1nccc(C(F)(F)F)n1. The van der Waals surface area contributed by atoms with Gasteiger partial charge in [-0.15, -0.1) is 11.8 Å². The van der Waals surface area contributed by atoms with E-state index in [2.05, 4.69) is 9.97 Å². The van der Waals surface area contributed by atoms with Gasteiger partial charge in [-0.1, -0.05) is 0 Å². The van der Waals surface area contributed by atoms with Crippen LogP contribution in [0.15, 0.2) is 12.3 Å². The lowest BCUT2D eigenvalue weighted by molar-refractivity contribution is -0.141. The predicted octanol–water partition coefficient (Wildman–Crippen LogP) is 1.98. The number of nitrogens with zero attached hydrogens (tertiary/aromatic N) is 3. The number of aliphatic carboxylic acids is 1. The van der Waals surface area contributed by atoms with E-state index in [1.807, 2.05) is 0 Å². The van der Waals surface area contributed by atoms with Gasteiger partial charge in [-0.05, 0) is 18.9 Å². The van der Waals surface area contributed by atoms with Crippen LogP contribution in [0, 0.1) is 0 Å². The molecule has 1 aliphatic heterocycles. The molecule has 1 aromatic heterocycles. The van der Waals surface area contributed by atoms with Crippen molar-refractivity contribution >= 4 is 23.6 Å². The number of amides is 1. The van der Waals surface area contributed by atoms with Crippen molar-refractivity contribution in [3.8, 4) is 0 Å². The highest BCUT2D eigenvalue weighted by Crippen LogP contribution is 2.33. The molecule has 1 aliphatic rings. The van der Waals surface area contributed by atoms with E-state index in [1.54, 1.807) is 0 Å². The fraction of sp³-hybridized carbons (Fsp3) is 0.538. The lowest BCUT2D eigenvalue weighted by Gasteiger charge is -2.23. The molecule has 1 amide bonds. The van der Waals surface area contributed by atoms with E-state index in [-0.39, 0.29) is 23.2 Å². The minimum absolute atomic E-state index is 0.0334. The standard InChI is InChI=1S/C13H14F3N3O3S/c14-13(15,16)9-3-4-17-12(18-9)8-2-1-5-19(8)10(20)6-23-7-11(21)22/h3-4,8H,1-2,5-7H2,(H,21,22). The topological polar surface area (TPSA) is 83.4 Å². The number of hydrogen-bond acceptors (Lipinski definition) is 5. The highest BCUT2D eigenvalue weighted by molar-refractivity contribution is 8.00. The van der Waals surface area contributed by atoms with Crippen LogP contribution in [-0.4, -0.2) is 49.9 Å². The van der Waals surface area contributed by atoms with E-state index in [9.17, 15) is 22.8 Å². The summed E-state index contributed by atoms with van der Waals surface area (Å²) >= 11 is 0.949. The third-order valence-corrected chi connectivity index (χ3v) is 4.19. The Hall–Kier alpha value is -1.84. The zero-order chi connectivity index (χ0) is 17.0. The summed E-state index contributed by atoms with van der Waals surface area (Å²) in [6.07, 6.45) is -2.41. The zero-order valence-corrected chi connectivity index (χ0v) is 12.7. The van der Waals surface area contributed by atoms with Gasteiger partial charge in [0, 0.05) is 12.7 Å². The Balaban J connectivity index is 2.09. The van der Waals surface area contributed by atoms with Crippen molar-refractivity contribution in [3.63, 3.8) is 0 Å². The lowest BCUT2D eigenvalue weighted by Crippen LogP contribution is -2.33. The molecular formula is C13H14F3N3O3S. The molecule has 2 heterocycles. The maximum atomic E-state index is 12.7. The molecule has 0 radical (unpaired) electrons. The van der Waals surface area contributed by atoms with Crippen molar-refractivity contribution in [1.29, 1.82) is 0 Å². The molecule has 1 N–H and O–H groups in total. The van der Waals surface area contributed by atoms with Crippen LogP contribution in [-0.2, 0) is 15.8 Å². The molecule has 1 unspecified atom stereocenters. The first-order valence-corrected chi connectivity index (χ1v) is 7.93. The van der Waals surface area contributed by atoms with Crippen LogP contribution in [0.3, 0.4) is 0 Å². The molecule has 23 heavy (non-hydrogen) atoms. The second-order valence-corrected chi connectivity index (χ2v) is 5.92. The van der Waals surface area contributed by atoms with Crippen LogP contribution in [0.2, 0.25) is 0 Å². The highest BCUT2D eigenvalue weighted by atomic mass is 32.2. The van der Waals surface area contributed by atoms with Gasteiger partial charge in [-0.3, -0.25) is 9.59 Å². The molecule has 6 nitrogen and oxygen atoms in total. The van der Waals surface area contributed by atoms with Crippen LogP contribution >= 0.6 is 11.8 Å². The molecular weight excluding hydrogens is 335 g/mol. The third-order valence-electron chi connectivity index (χ3n) is 3.29. The second-order valence-electron chi connectivity index (χ2n) is 4.93. The Morgan fingerprint density at radius 1 is 1.39 bits per heavy atom. The van der Waals surface area contributed by atoms with Crippen LogP contribution < -0.4 is 0 Å². The average molecular weight is 349 g/mol. The monoisotopic (exact) mass is 349 g/mol. The molecule has 0 bridgehead atoms. The van der Waals surface area contributed by atoms with Crippen LogP contribution in [0.5, 0.6) is 0 Å². The summed E-state index contributed by atoms with van der Waals surface area (Å²) in [5.74, 6) is -1.62. The Labute approximate surface area is 134 Å². The van der Waals surface area contributed by atoms with Gasteiger partial charge >= 0.3 is 12.1 Å². The summed E-state index contributed by atoms with van der Waals surface area (Å²) in [4.78, 5) is 31.4. The van der Waals surface area contributed by atoms with E-state index in [0.717, 1.165) is 24.0 Å². The van der Waals surface area contributed by atoms with Gasteiger partial charge in [-0.25, -0.2) is 9.97 Å². The average Bonchev–Trinajstić information content (AvgIpc) is 2.95. The van der Waals surface area contributed by atoms with Gasteiger partial charge < -0.3 is 10.0 Å². The van der Waals surface area contributed by atoms with Crippen molar-refractivity contribution < 1.29 is 27.9 Å². The quantitative estimate of drug-likeness (QED) is 0.875. The highest BCUT2D eigenvalue weighted by Gasteiger charge is 2.36. The lowest BCUT2D eigenvalue weighted by atomic mass is 10.2. The maximum Gasteiger partial charge on any atom is 0.433 e. The summed E-state index contributed by atoms with van der Waals surface area (Å²) in [6.45, 7) is 0.400. The summed E-state index contributed by atoms with van der Waals surface area (Å²) in [5.41, 5.74) is -1.04. The molecule has 0 spiro atoms. The minimum Gasteiger partial charge on any atom is -0.481 e. The molecule has 0 aliphatic carbocycles. The third kappa shape index (κ3) is 4.57. The second kappa shape index (κ2) is 7.16. The van der Waals surface area contributed by atoms with Gasteiger partial charge in [0.05, 0.1) is 17.5 Å². The van der Waals surface area contributed by atoms with Crippen molar-refractivity contribution in [2.75, 3.05) is 18.1 Å². The number of likely N-dealkylation sites (tertiary alicyclic amines) is 1. The van der Waals surface area contributed by atoms with Crippen LogP contribution in [0.25, 0.3) is 0 Å². The van der Waals surface area contributed by atoms with Gasteiger partial charge in [0.15, 0.2) is 5.82 Å². The number of carboxylic acid groups (broad SMARTS) is 1. The summed E-state index contributed by atoms with van der Waals surface area (Å²) in [6, 6.07) is 0.183. The minimum atomic E-state index is -4.57. The Morgan fingerprint density at radius 3 is 2.78 bits per heavy atom. The molecule has 1 fully saturated rings. The number of rotatable bonds is 5. The molecule has 1 atom stereocenters. The van der Waals surface area contributed by atoms with Crippen LogP contribution in [0.4, 0.5) is 13.2 Å². The summed E-state index contributed by atoms with van der Waals surface area (Å²) < 4.78 is 38.2. The summed E-state index contributed by atoms with van der Waals surface area (Å²) in [5, 5.41) is 8.56. The molecule has 1 saturated heterocycles. The van der Waals surface area contributed by atoms with Gasteiger partial charge in [0.2, 0.25) is 5.91 Å². The number of carboxylic acids is 1. The van der Waals surface area contributed by atoms with Gasteiger partial charge in [0.25, 0.3) is 0 Å². The fourth-order valence-corrected chi connectivity index (χ4v) is 2.95. The number of halogens is 3. The van der Waals surface area contributed by atoms with Gasteiger partial charge in [0.1, 0.15) is 5.69 Å². The van der Waals surface area contributed by atoms with Gasteiger partial charge in [-0.2, -0.15) is 13.2 Å². The van der Waals surface area contributed by atoms with Crippen molar-refractivity contribution in [2.45, 2.75) is 25.1 Å². The van der Waals surface area contributed by atoms with E-state index < -0.39 is 23.9 Å². The fourth-order valence-electron chi connectivity index (χ4n) is 2.33. The molecule has 2 rings (SSSR count). The smallest absolute Gasteiger partial charge is 0.433 e. The Bertz CT molecular complexity index is 597. The normalized spacial score (nSPS) is 18.2. The van der Waals surface area contributed by atoms with Crippen molar-refractivity contribution in [2.24, 2.45) is 0 Å². The molecule has 126 valence electrons. The number of carbonyl (C=O) groups is 2. The van der Waals surface area contributed by atoms with E-state index in [4.69, 9.17) is 5.11 Å². The first-order chi connectivity index (χ1) is 10.8. The Morgan fingerprint density at radius 2 is 2.13 bits per heavy atom.